The number of carbonyl (C=O) groups excluding carboxylic acids is 2. The summed E-state index contributed by atoms with van der Waals surface area (Å²) in [5, 5.41) is 26.6. The van der Waals surface area contributed by atoms with Crippen LogP contribution in [0.15, 0.2) is 57.7 Å². The number of amides is 2. The number of aliphatic hydroxyl groups is 1. The number of carbonyl (C=O) groups is 2. The van der Waals surface area contributed by atoms with Crippen LogP contribution in [0.25, 0.3) is 22.1 Å². The van der Waals surface area contributed by atoms with Crippen molar-refractivity contribution in [3.05, 3.63) is 85.5 Å². The largest absolute Gasteiger partial charge is 1.00 e. The fourth-order valence-electron chi connectivity index (χ4n) is 6.84. The Hall–Kier alpha value is -3.72. The Morgan fingerprint density at radius 3 is 1.71 bits per heavy atom. The maximum atomic E-state index is 12.8. The third kappa shape index (κ3) is 16.7. The first-order valence-electron chi connectivity index (χ1n) is 20.8. The fraction of sp³-hybridized carbons (Fsp3) is 0.429. The van der Waals surface area contributed by atoms with Crippen LogP contribution in [-0.4, -0.2) is 102 Å². The van der Waals surface area contributed by atoms with Gasteiger partial charge in [-0.2, -0.15) is 46.5 Å². The summed E-state index contributed by atoms with van der Waals surface area (Å²) in [5.74, 6) is -1.61. The van der Waals surface area contributed by atoms with Crippen LogP contribution in [0.5, 0.6) is 0 Å². The molecule has 0 saturated heterocycles. The third-order valence-corrected chi connectivity index (χ3v) is 10.8. The normalized spacial score (nSPS) is 14.7. The molecular weight excluding hydrogens is 1100 g/mol. The van der Waals surface area contributed by atoms with Gasteiger partial charge in [0.1, 0.15) is 11.8 Å². The number of hydrogen-bond donors (Lipinski definition) is 5. The molecule has 0 fully saturated rings. The third-order valence-electron chi connectivity index (χ3n) is 9.68. The van der Waals surface area contributed by atoms with Crippen molar-refractivity contribution in [1.82, 2.24) is 39.5 Å². The van der Waals surface area contributed by atoms with E-state index >= 15 is 0 Å². The summed E-state index contributed by atoms with van der Waals surface area (Å²) in [5.41, 5.74) is 9.74. The summed E-state index contributed by atoms with van der Waals surface area (Å²) in [7, 11) is 1.55. The number of methoxy groups -OCH3 is 1. The van der Waals surface area contributed by atoms with Crippen LogP contribution in [0.4, 0.5) is 43.7 Å². The molecule has 69 heavy (non-hydrogen) atoms. The molecule has 6 N–H and O–H groups in total. The summed E-state index contributed by atoms with van der Waals surface area (Å²) in [6, 6.07) is 11.1. The number of nitrogens with one attached hydrogen (secondary N) is 3. The van der Waals surface area contributed by atoms with Crippen molar-refractivity contribution in [3.8, 4) is 0 Å². The summed E-state index contributed by atoms with van der Waals surface area (Å²) in [4.78, 5) is 42.6. The molecule has 0 aliphatic carbocycles. The van der Waals surface area contributed by atoms with Crippen LogP contribution < -0.4 is 63.6 Å². The molecule has 6 heterocycles. The number of hydrogen-bond acceptors (Lipinski definition) is 12. The number of nitrogens with zero attached hydrogens (tertiary/aromatic N) is 8. The molecule has 2 aromatic carbocycles. The van der Waals surface area contributed by atoms with Gasteiger partial charge in [-0.15, -0.1) is 0 Å². The number of anilines is 3. The van der Waals surface area contributed by atoms with Crippen molar-refractivity contribution in [2.75, 3.05) is 49.4 Å². The van der Waals surface area contributed by atoms with Crippen LogP contribution in [0.3, 0.4) is 0 Å². The molecule has 372 valence electrons. The second kappa shape index (κ2) is 27.2. The summed E-state index contributed by atoms with van der Waals surface area (Å²) < 4.78 is 80.8. The maximum Gasteiger partial charge on any atom is 1.00 e. The number of benzene rings is 2. The second-order valence-corrected chi connectivity index (χ2v) is 17.1. The Morgan fingerprint density at radius 1 is 0.826 bits per heavy atom. The van der Waals surface area contributed by atoms with Gasteiger partial charge in [-0.1, -0.05) is 45.7 Å². The van der Waals surface area contributed by atoms with E-state index in [4.69, 9.17) is 22.4 Å². The quantitative estimate of drug-likeness (QED) is 0.0641. The Kier molecular flexibility index (Phi) is 23.5. The molecule has 8 rings (SSSR count). The van der Waals surface area contributed by atoms with Crippen molar-refractivity contribution >= 4 is 94.7 Å². The second-order valence-electron chi connectivity index (χ2n) is 14.9. The van der Waals surface area contributed by atoms with Gasteiger partial charge in [-0.25, -0.2) is 9.97 Å². The Morgan fingerprint density at radius 2 is 1.30 bits per heavy atom. The number of aromatic nitrogens is 8. The van der Waals surface area contributed by atoms with E-state index in [9.17, 15) is 35.9 Å². The number of nitrogens with two attached hydrogens (primary N) is 1. The van der Waals surface area contributed by atoms with E-state index in [0.29, 0.717) is 46.9 Å². The van der Waals surface area contributed by atoms with Gasteiger partial charge >= 0.3 is 43.3 Å². The molecule has 2 amide bonds. The van der Waals surface area contributed by atoms with Crippen molar-refractivity contribution in [1.29, 1.82) is 0 Å². The first-order valence-corrected chi connectivity index (χ1v) is 22.8. The smallest absolute Gasteiger partial charge is 1.00 e. The molecule has 4 aromatic heterocycles. The number of fused-ring (bicyclic) bond motifs is 4. The SMILES string of the molecule is CCCn1cc2c(C3C(=O)Nc4ccc(Br)cc43)nc(Cl)nc2n1.CCCn1cc2c(C3C(=O)Nc4ccc(Br)cc43)nc(NCCC(F)(F)F)nc2n1.COCCO.NCCCC(F)(F)F.[Cl-].[H+].[H-].[Na+]. The molecule has 16 nitrogen and oxygen atoms in total. The van der Waals surface area contributed by atoms with Crippen LogP contribution in [-0.2, 0) is 27.4 Å². The standard InChI is InChI=1S/C19H18BrF3N6O.C16H13BrClN5O.C4H8F3N.C3H8O2.ClH.Na.H/c1-2-7-29-9-12-15(14-11-8-10(20)3-4-13(11)25-17(14)30)26-18(27-16(12)28-29)24-6-5-19(21,22)23;1-2-5-23-7-10-13(20-16(18)21-14(10)22-23)12-9-6-8(17)3-4-11(9)19-15(12)24;5-4(6,7)2-1-3-8;1-5-3-2-4;;;/h3-4,8-9,14H,2,5-7H2,1H3,(H,25,30)(H,24,27,28);3-4,6-7,12H,2,5H2,1H3,(H,19,24);1-3,8H2;4H,2-3H2,1H3;1H;;/q;;;;;+1;-1. The summed E-state index contributed by atoms with van der Waals surface area (Å²) in [6.07, 6.45) is -4.62. The average molecular weight is 1150 g/mol. The number of aliphatic hydroxyl groups excluding tert-OH is 1. The number of ether oxygens (including phenoxy) is 1. The molecule has 0 saturated carbocycles. The van der Waals surface area contributed by atoms with E-state index in [1.54, 1.807) is 24.1 Å². The average Bonchev–Trinajstić information content (AvgIpc) is 4.02. The van der Waals surface area contributed by atoms with E-state index < -0.39 is 37.0 Å². The van der Waals surface area contributed by atoms with Gasteiger partial charge in [0.25, 0.3) is 0 Å². The molecule has 27 heteroatoms. The Bertz CT molecular complexity index is 2670. The van der Waals surface area contributed by atoms with E-state index in [-0.39, 0.29) is 94.0 Å². The molecule has 2 aliphatic rings. The monoisotopic (exact) mass is 1150 g/mol. The first-order chi connectivity index (χ1) is 31.8. The zero-order chi connectivity index (χ0) is 49.1. The molecule has 0 bridgehead atoms. The summed E-state index contributed by atoms with van der Waals surface area (Å²) in [6.45, 7) is 5.79. The van der Waals surface area contributed by atoms with Crippen LogP contribution in [0, 0.1) is 0 Å². The van der Waals surface area contributed by atoms with Crippen LogP contribution >= 0.6 is 43.5 Å². The molecule has 2 unspecified atom stereocenters. The minimum atomic E-state index is -4.29. The molecule has 2 atom stereocenters. The van der Waals surface area contributed by atoms with Gasteiger partial charge in [0.2, 0.25) is 23.0 Å². The zero-order valence-electron chi connectivity index (χ0n) is 39.7. The number of halogens is 10. The molecule has 2 aliphatic heterocycles. The maximum absolute atomic E-state index is 12.8. The molecular formula is C42H49Br2Cl2F6N12NaO4. The number of alkyl halides is 6. The van der Waals surface area contributed by atoms with E-state index in [0.717, 1.165) is 50.5 Å². The minimum absolute atomic E-state index is 0. The van der Waals surface area contributed by atoms with Gasteiger partial charge in [0.05, 0.1) is 41.8 Å². The van der Waals surface area contributed by atoms with Crippen molar-refractivity contribution in [2.24, 2.45) is 5.73 Å². The van der Waals surface area contributed by atoms with Crippen molar-refractivity contribution in [3.63, 3.8) is 0 Å². The molecule has 0 radical (unpaired) electrons. The van der Waals surface area contributed by atoms with E-state index in [1.807, 2.05) is 48.1 Å². The van der Waals surface area contributed by atoms with E-state index in [2.05, 4.69) is 89.6 Å². The van der Waals surface area contributed by atoms with Crippen molar-refractivity contribution in [2.45, 2.75) is 83.2 Å². The van der Waals surface area contributed by atoms with Crippen molar-refractivity contribution < 1.29 is 90.6 Å². The fourth-order valence-corrected chi connectivity index (χ4v) is 7.77. The predicted molar refractivity (Wildman–Crippen MR) is 250 cm³/mol. The number of rotatable bonds is 13. The summed E-state index contributed by atoms with van der Waals surface area (Å²) >= 11 is 13.0. The topological polar surface area (TPSA) is 213 Å². The Balaban J connectivity index is 0.000000551. The predicted octanol–water partition coefficient (Wildman–Crippen LogP) is 3.33. The Labute approximate surface area is 445 Å². The van der Waals surface area contributed by atoms with Crippen LogP contribution in [0.2, 0.25) is 5.28 Å². The zero-order valence-corrected chi connectivity index (χ0v) is 44.3. The van der Waals surface area contributed by atoms with E-state index in [1.165, 1.54) is 0 Å². The number of aryl methyl sites for hydroxylation is 2. The van der Waals surface area contributed by atoms with Gasteiger partial charge in [0.15, 0.2) is 11.3 Å². The molecule has 6 aromatic rings. The molecule has 0 spiro atoms. The van der Waals surface area contributed by atoms with Gasteiger partial charge in [-0.3, -0.25) is 19.0 Å². The first kappa shape index (κ1) is 59.6. The van der Waals surface area contributed by atoms with Gasteiger partial charge in [-0.05, 0) is 84.9 Å². The van der Waals surface area contributed by atoms with Crippen LogP contribution in [0.1, 0.15) is 83.2 Å². The van der Waals surface area contributed by atoms with Gasteiger partial charge < -0.3 is 45.4 Å². The minimum Gasteiger partial charge on any atom is -1.00 e. The van der Waals surface area contributed by atoms with Gasteiger partial charge in [0, 0.05) is 65.9 Å².